The molecule has 1 saturated heterocycles. The van der Waals surface area contributed by atoms with Gasteiger partial charge < -0.3 is 15.5 Å². The molecule has 28 heavy (non-hydrogen) atoms. The SMILES string of the molecule is CC(C)CCNC(=O)C1CCN(Cc2ccccc2F)CC1.O=C(O)C(=O)O. The Hall–Kier alpha value is -2.48. The standard InChI is InChI=1S/C18H27FN2O.C2H2O4/c1-14(2)7-10-20-18(22)15-8-11-21(12-9-15)13-16-5-3-4-6-17(16)19;3-1(4)2(5)6/h3-6,14-15H,7-13H2,1-2H3,(H,20,22);(H,3,4)(H,5,6). The molecule has 1 aliphatic heterocycles. The van der Waals surface area contributed by atoms with Crippen molar-refractivity contribution < 1.29 is 29.0 Å². The van der Waals surface area contributed by atoms with Crippen LogP contribution in [0.25, 0.3) is 0 Å². The summed E-state index contributed by atoms with van der Waals surface area (Å²) in [5.41, 5.74) is 0.738. The van der Waals surface area contributed by atoms with Gasteiger partial charge in [0.2, 0.25) is 5.91 Å². The van der Waals surface area contributed by atoms with Gasteiger partial charge in [-0.1, -0.05) is 32.0 Å². The average molecular weight is 396 g/mol. The van der Waals surface area contributed by atoms with E-state index < -0.39 is 11.9 Å². The van der Waals surface area contributed by atoms with Crippen LogP contribution in [0.2, 0.25) is 0 Å². The molecule has 3 N–H and O–H groups in total. The summed E-state index contributed by atoms with van der Waals surface area (Å²) in [6.45, 7) is 7.44. The zero-order valence-corrected chi connectivity index (χ0v) is 16.4. The first-order chi connectivity index (χ1) is 13.2. The molecule has 0 unspecified atom stereocenters. The van der Waals surface area contributed by atoms with Gasteiger partial charge in [0.15, 0.2) is 0 Å². The van der Waals surface area contributed by atoms with Gasteiger partial charge in [0.25, 0.3) is 0 Å². The van der Waals surface area contributed by atoms with Crippen LogP contribution < -0.4 is 5.32 Å². The van der Waals surface area contributed by atoms with Gasteiger partial charge in [-0.2, -0.15) is 0 Å². The first-order valence-electron chi connectivity index (χ1n) is 9.40. The van der Waals surface area contributed by atoms with E-state index >= 15 is 0 Å². The minimum absolute atomic E-state index is 0.115. The fourth-order valence-electron chi connectivity index (χ4n) is 2.85. The Labute approximate surface area is 164 Å². The van der Waals surface area contributed by atoms with E-state index in [0.29, 0.717) is 12.5 Å². The summed E-state index contributed by atoms with van der Waals surface area (Å²) in [5.74, 6) is -2.88. The van der Waals surface area contributed by atoms with Crippen LogP contribution in [0.5, 0.6) is 0 Å². The van der Waals surface area contributed by atoms with E-state index in [0.717, 1.165) is 44.5 Å². The Morgan fingerprint density at radius 3 is 2.21 bits per heavy atom. The molecule has 1 aliphatic rings. The van der Waals surface area contributed by atoms with Crippen molar-refractivity contribution in [3.8, 4) is 0 Å². The number of likely N-dealkylation sites (tertiary alicyclic amines) is 1. The van der Waals surface area contributed by atoms with Crippen molar-refractivity contribution in [2.24, 2.45) is 11.8 Å². The summed E-state index contributed by atoms with van der Waals surface area (Å²) < 4.78 is 13.7. The first kappa shape index (κ1) is 23.6. The van der Waals surface area contributed by atoms with Gasteiger partial charge in [-0.25, -0.2) is 14.0 Å². The summed E-state index contributed by atoms with van der Waals surface area (Å²) in [6, 6.07) is 6.92. The summed E-state index contributed by atoms with van der Waals surface area (Å²) >= 11 is 0. The van der Waals surface area contributed by atoms with Gasteiger partial charge in [-0.05, 0) is 44.3 Å². The highest BCUT2D eigenvalue weighted by Crippen LogP contribution is 2.20. The molecule has 8 heteroatoms. The minimum atomic E-state index is -1.82. The van der Waals surface area contributed by atoms with Crippen LogP contribution >= 0.6 is 0 Å². The van der Waals surface area contributed by atoms with Gasteiger partial charge in [-0.15, -0.1) is 0 Å². The molecular formula is C20H29FN2O5. The van der Waals surface area contributed by atoms with Gasteiger partial charge in [0.05, 0.1) is 0 Å². The fraction of sp³-hybridized carbons (Fsp3) is 0.550. The number of carbonyl (C=O) groups excluding carboxylic acids is 1. The highest BCUT2D eigenvalue weighted by Gasteiger charge is 2.25. The van der Waals surface area contributed by atoms with Gasteiger partial charge in [0.1, 0.15) is 5.82 Å². The molecule has 0 atom stereocenters. The fourth-order valence-corrected chi connectivity index (χ4v) is 2.85. The third-order valence-electron chi connectivity index (χ3n) is 4.51. The molecule has 1 aromatic carbocycles. The number of carboxylic acids is 2. The molecule has 0 aromatic heterocycles. The van der Waals surface area contributed by atoms with Crippen molar-refractivity contribution in [3.63, 3.8) is 0 Å². The number of rotatable bonds is 6. The normalized spacial score (nSPS) is 14.9. The van der Waals surface area contributed by atoms with E-state index in [4.69, 9.17) is 19.8 Å². The molecule has 0 spiro atoms. The lowest BCUT2D eigenvalue weighted by Crippen LogP contribution is -2.40. The van der Waals surface area contributed by atoms with E-state index in [1.54, 1.807) is 6.07 Å². The van der Waals surface area contributed by atoms with Crippen LogP contribution in [-0.4, -0.2) is 52.6 Å². The van der Waals surface area contributed by atoms with Crippen LogP contribution in [0.3, 0.4) is 0 Å². The predicted molar refractivity (Wildman–Crippen MR) is 102 cm³/mol. The Morgan fingerprint density at radius 1 is 1.14 bits per heavy atom. The first-order valence-corrected chi connectivity index (χ1v) is 9.40. The number of benzene rings is 1. The van der Waals surface area contributed by atoms with Crippen molar-refractivity contribution in [1.82, 2.24) is 10.2 Å². The molecule has 1 fully saturated rings. The van der Waals surface area contributed by atoms with Crippen LogP contribution in [0.15, 0.2) is 24.3 Å². The Kier molecular flexibility index (Phi) is 10.2. The van der Waals surface area contributed by atoms with E-state index in [1.807, 2.05) is 12.1 Å². The lowest BCUT2D eigenvalue weighted by atomic mass is 9.95. The third kappa shape index (κ3) is 8.94. The lowest BCUT2D eigenvalue weighted by molar-refractivity contribution is -0.159. The summed E-state index contributed by atoms with van der Waals surface area (Å²) in [6.07, 6.45) is 2.75. The van der Waals surface area contributed by atoms with E-state index in [2.05, 4.69) is 24.1 Å². The Morgan fingerprint density at radius 2 is 1.71 bits per heavy atom. The molecule has 1 amide bonds. The second kappa shape index (κ2) is 12.1. The molecule has 1 heterocycles. The topological polar surface area (TPSA) is 107 Å². The maximum absolute atomic E-state index is 13.7. The van der Waals surface area contributed by atoms with Crippen molar-refractivity contribution >= 4 is 17.8 Å². The predicted octanol–water partition coefficient (Wildman–Crippen LogP) is 2.36. The summed E-state index contributed by atoms with van der Waals surface area (Å²) in [7, 11) is 0. The number of carboxylic acid groups (broad SMARTS) is 2. The number of carbonyl (C=O) groups is 3. The van der Waals surface area contributed by atoms with Crippen LogP contribution in [0.4, 0.5) is 4.39 Å². The summed E-state index contributed by atoms with van der Waals surface area (Å²) in [4.78, 5) is 32.5. The highest BCUT2D eigenvalue weighted by atomic mass is 19.1. The van der Waals surface area contributed by atoms with Gasteiger partial charge in [-0.3, -0.25) is 9.69 Å². The second-order valence-corrected chi connectivity index (χ2v) is 7.23. The maximum Gasteiger partial charge on any atom is 0.414 e. The number of amides is 1. The number of aliphatic carboxylic acids is 2. The van der Waals surface area contributed by atoms with E-state index in [9.17, 15) is 9.18 Å². The van der Waals surface area contributed by atoms with Crippen molar-refractivity contribution in [3.05, 3.63) is 35.6 Å². The molecule has 0 aliphatic carbocycles. The molecule has 1 aromatic rings. The van der Waals surface area contributed by atoms with Crippen LogP contribution in [0.1, 0.15) is 38.7 Å². The molecular weight excluding hydrogens is 367 g/mol. The molecule has 0 radical (unpaired) electrons. The zero-order valence-electron chi connectivity index (χ0n) is 16.4. The number of nitrogens with zero attached hydrogens (tertiary/aromatic N) is 1. The molecule has 2 rings (SSSR count). The quantitative estimate of drug-likeness (QED) is 0.637. The minimum Gasteiger partial charge on any atom is -0.473 e. The second-order valence-electron chi connectivity index (χ2n) is 7.23. The largest absolute Gasteiger partial charge is 0.473 e. The van der Waals surface area contributed by atoms with Crippen molar-refractivity contribution in [1.29, 1.82) is 0 Å². The Balaban J connectivity index is 0.000000568. The Bertz CT molecular complexity index is 646. The number of hydrogen-bond acceptors (Lipinski definition) is 4. The van der Waals surface area contributed by atoms with E-state index in [-0.39, 0.29) is 17.6 Å². The number of nitrogens with one attached hydrogen (secondary N) is 1. The van der Waals surface area contributed by atoms with Gasteiger partial charge >= 0.3 is 11.9 Å². The van der Waals surface area contributed by atoms with Crippen molar-refractivity contribution in [2.45, 2.75) is 39.7 Å². The van der Waals surface area contributed by atoms with Crippen molar-refractivity contribution in [2.75, 3.05) is 19.6 Å². The van der Waals surface area contributed by atoms with Gasteiger partial charge in [0, 0.05) is 24.6 Å². The molecule has 0 bridgehead atoms. The van der Waals surface area contributed by atoms with Crippen LogP contribution in [-0.2, 0) is 20.9 Å². The number of hydrogen-bond donors (Lipinski definition) is 3. The smallest absolute Gasteiger partial charge is 0.414 e. The molecule has 7 nitrogen and oxygen atoms in total. The van der Waals surface area contributed by atoms with Crippen LogP contribution in [0, 0.1) is 17.7 Å². The zero-order chi connectivity index (χ0) is 21.1. The number of halogens is 1. The molecule has 156 valence electrons. The third-order valence-corrected chi connectivity index (χ3v) is 4.51. The summed E-state index contributed by atoms with van der Waals surface area (Å²) in [5, 5.41) is 17.8. The molecule has 0 saturated carbocycles. The lowest BCUT2D eigenvalue weighted by Gasteiger charge is -2.31. The van der Waals surface area contributed by atoms with E-state index in [1.165, 1.54) is 6.07 Å². The maximum atomic E-state index is 13.7. The highest BCUT2D eigenvalue weighted by molar-refractivity contribution is 6.27. The number of piperidine rings is 1. The monoisotopic (exact) mass is 396 g/mol. The average Bonchev–Trinajstić information content (AvgIpc) is 2.64.